The second-order valence-electron chi connectivity index (χ2n) is 3.74. The third kappa shape index (κ3) is 4.56. The fourth-order valence-electron chi connectivity index (χ4n) is 1.48. The third-order valence-corrected chi connectivity index (χ3v) is 3.07. The molecule has 18 heavy (non-hydrogen) atoms. The number of carbonyl (C=O) groups excluding carboxylic acids is 1. The highest BCUT2D eigenvalue weighted by atomic mass is 35.5. The van der Waals surface area contributed by atoms with Gasteiger partial charge < -0.3 is 10.1 Å². The molecule has 0 aliphatic heterocycles. The van der Waals surface area contributed by atoms with E-state index in [4.69, 9.17) is 39.5 Å². The third-order valence-electron chi connectivity index (χ3n) is 2.29. The first-order valence-electron chi connectivity index (χ1n) is 5.48. The van der Waals surface area contributed by atoms with Crippen LogP contribution in [-0.2, 0) is 4.79 Å². The number of nitrogens with one attached hydrogen (secondary N) is 1. The smallest absolute Gasteiger partial charge is 0.309 e. The lowest BCUT2D eigenvalue weighted by molar-refractivity contribution is 0.269. The SMILES string of the molecule is CCCC(COc1c(Cl)cc(Cl)cc1Cl)N[C]=O. The summed E-state index contributed by atoms with van der Waals surface area (Å²) < 4.78 is 5.53. The summed E-state index contributed by atoms with van der Waals surface area (Å²) in [4.78, 5) is 10.3. The van der Waals surface area contributed by atoms with Crippen LogP contribution in [0.5, 0.6) is 5.75 Å². The van der Waals surface area contributed by atoms with E-state index in [1.54, 1.807) is 18.5 Å². The van der Waals surface area contributed by atoms with Gasteiger partial charge >= 0.3 is 6.41 Å². The topological polar surface area (TPSA) is 38.3 Å². The maximum atomic E-state index is 10.3. The molecule has 6 heteroatoms. The molecular weight excluding hydrogens is 296 g/mol. The Morgan fingerprint density at radius 1 is 1.33 bits per heavy atom. The molecule has 0 saturated carbocycles. The molecule has 0 spiro atoms. The largest absolute Gasteiger partial charge is 0.488 e. The molecule has 1 unspecified atom stereocenters. The van der Waals surface area contributed by atoms with Crippen molar-refractivity contribution in [3.8, 4) is 5.75 Å². The van der Waals surface area contributed by atoms with Crippen LogP contribution >= 0.6 is 34.8 Å². The maximum Gasteiger partial charge on any atom is 0.309 e. The number of hydrogen-bond donors (Lipinski definition) is 1. The van der Waals surface area contributed by atoms with Crippen LogP contribution in [-0.4, -0.2) is 19.1 Å². The molecule has 0 saturated heterocycles. The first-order chi connectivity index (χ1) is 8.58. The predicted molar refractivity (Wildman–Crippen MR) is 74.5 cm³/mol. The number of hydrogen-bond acceptors (Lipinski definition) is 2. The molecular formula is C12H13Cl3NO2. The number of rotatable bonds is 7. The van der Waals surface area contributed by atoms with E-state index in [1.165, 1.54) is 0 Å². The zero-order valence-corrected chi connectivity index (χ0v) is 12.1. The molecule has 0 aliphatic rings. The molecule has 1 atom stereocenters. The highest BCUT2D eigenvalue weighted by Crippen LogP contribution is 2.35. The van der Waals surface area contributed by atoms with Gasteiger partial charge in [0.05, 0.1) is 16.1 Å². The first-order valence-corrected chi connectivity index (χ1v) is 6.61. The molecule has 0 heterocycles. The molecule has 0 aliphatic carbocycles. The van der Waals surface area contributed by atoms with Crippen molar-refractivity contribution in [3.05, 3.63) is 27.2 Å². The Labute approximate surface area is 121 Å². The van der Waals surface area contributed by atoms with Crippen molar-refractivity contribution in [1.82, 2.24) is 5.32 Å². The predicted octanol–water partition coefficient (Wildman–Crippen LogP) is 3.85. The Morgan fingerprint density at radius 3 is 2.44 bits per heavy atom. The van der Waals surface area contributed by atoms with Crippen molar-refractivity contribution < 1.29 is 9.53 Å². The Balaban J connectivity index is 2.69. The molecule has 1 N–H and O–H groups in total. The van der Waals surface area contributed by atoms with Crippen molar-refractivity contribution in [2.45, 2.75) is 25.8 Å². The minimum absolute atomic E-state index is 0.115. The average Bonchev–Trinajstić information content (AvgIpc) is 2.28. The van der Waals surface area contributed by atoms with Gasteiger partial charge in [0.2, 0.25) is 0 Å². The standard InChI is InChI=1S/C12H13Cl3NO2/c1-2-3-9(16-7-17)6-18-12-10(14)4-8(13)5-11(12)15/h4-5,9H,2-3,6H2,1H3,(H,16,17). The maximum absolute atomic E-state index is 10.3. The second-order valence-corrected chi connectivity index (χ2v) is 4.99. The quantitative estimate of drug-likeness (QED) is 0.777. The van der Waals surface area contributed by atoms with Crippen LogP contribution in [0.2, 0.25) is 15.1 Å². The summed E-state index contributed by atoms with van der Waals surface area (Å²) in [6.45, 7) is 2.30. The van der Waals surface area contributed by atoms with Gasteiger partial charge in [0.15, 0.2) is 5.75 Å². The first kappa shape index (κ1) is 15.4. The van der Waals surface area contributed by atoms with Crippen LogP contribution in [0.25, 0.3) is 0 Å². The van der Waals surface area contributed by atoms with E-state index in [0.717, 1.165) is 12.8 Å². The Bertz CT molecular complexity index is 389. The molecule has 1 rings (SSSR count). The van der Waals surface area contributed by atoms with Crippen molar-refractivity contribution in [3.63, 3.8) is 0 Å². The van der Waals surface area contributed by atoms with Crippen LogP contribution in [0.4, 0.5) is 0 Å². The summed E-state index contributed by atoms with van der Waals surface area (Å²) >= 11 is 17.8. The van der Waals surface area contributed by atoms with Gasteiger partial charge in [-0.3, -0.25) is 4.79 Å². The zero-order chi connectivity index (χ0) is 13.5. The van der Waals surface area contributed by atoms with E-state index >= 15 is 0 Å². The summed E-state index contributed by atoms with van der Waals surface area (Å²) in [5.41, 5.74) is 0. The number of halogens is 3. The molecule has 0 aromatic heterocycles. The lowest BCUT2D eigenvalue weighted by atomic mass is 10.2. The van der Waals surface area contributed by atoms with Crippen molar-refractivity contribution in [2.75, 3.05) is 6.61 Å². The number of ether oxygens (including phenoxy) is 1. The Hall–Kier alpha value is -0.640. The lowest BCUT2D eigenvalue weighted by Gasteiger charge is -2.17. The highest BCUT2D eigenvalue weighted by molar-refractivity contribution is 6.40. The highest BCUT2D eigenvalue weighted by Gasteiger charge is 2.13. The van der Waals surface area contributed by atoms with Gasteiger partial charge in [0, 0.05) is 5.02 Å². The van der Waals surface area contributed by atoms with Crippen LogP contribution in [0, 0.1) is 0 Å². The molecule has 1 aromatic carbocycles. The second kappa shape index (κ2) is 7.72. The van der Waals surface area contributed by atoms with Crippen molar-refractivity contribution >= 4 is 41.2 Å². The molecule has 0 bridgehead atoms. The van der Waals surface area contributed by atoms with Gasteiger partial charge in [-0.15, -0.1) is 0 Å². The van der Waals surface area contributed by atoms with E-state index in [1.807, 2.05) is 6.92 Å². The van der Waals surface area contributed by atoms with Crippen LogP contribution in [0.3, 0.4) is 0 Å². The minimum atomic E-state index is -0.115. The molecule has 99 valence electrons. The fraction of sp³-hybridized carbons (Fsp3) is 0.417. The van der Waals surface area contributed by atoms with E-state index in [-0.39, 0.29) is 12.6 Å². The van der Waals surface area contributed by atoms with Gasteiger partial charge in [0.25, 0.3) is 0 Å². The average molecular weight is 310 g/mol. The summed E-state index contributed by atoms with van der Waals surface area (Å²) in [6, 6.07) is 2.99. The number of benzene rings is 1. The summed E-state index contributed by atoms with van der Waals surface area (Å²) in [5, 5.41) is 3.70. The van der Waals surface area contributed by atoms with Gasteiger partial charge in [-0.2, -0.15) is 0 Å². The van der Waals surface area contributed by atoms with Gasteiger partial charge in [-0.05, 0) is 18.6 Å². The minimum Gasteiger partial charge on any atom is -0.488 e. The van der Waals surface area contributed by atoms with E-state index in [2.05, 4.69) is 5.32 Å². The Morgan fingerprint density at radius 2 is 1.94 bits per heavy atom. The molecule has 3 nitrogen and oxygen atoms in total. The normalized spacial score (nSPS) is 12.0. The molecule has 0 fully saturated rings. The summed E-state index contributed by atoms with van der Waals surface area (Å²) in [5.74, 6) is 0.372. The van der Waals surface area contributed by atoms with Gasteiger partial charge in [0.1, 0.15) is 6.61 Å². The van der Waals surface area contributed by atoms with Gasteiger partial charge in [-0.1, -0.05) is 48.1 Å². The zero-order valence-electron chi connectivity index (χ0n) is 9.80. The lowest BCUT2D eigenvalue weighted by Crippen LogP contribution is -2.33. The van der Waals surface area contributed by atoms with E-state index in [0.29, 0.717) is 20.8 Å². The van der Waals surface area contributed by atoms with Gasteiger partial charge in [-0.25, -0.2) is 0 Å². The van der Waals surface area contributed by atoms with Crippen LogP contribution in [0.1, 0.15) is 19.8 Å². The van der Waals surface area contributed by atoms with Crippen molar-refractivity contribution in [1.29, 1.82) is 0 Å². The molecule has 1 radical (unpaired) electrons. The summed E-state index contributed by atoms with van der Waals surface area (Å²) in [6.07, 6.45) is 3.37. The van der Waals surface area contributed by atoms with Crippen LogP contribution in [0.15, 0.2) is 12.1 Å². The van der Waals surface area contributed by atoms with Crippen LogP contribution < -0.4 is 10.1 Å². The van der Waals surface area contributed by atoms with E-state index in [9.17, 15) is 4.79 Å². The summed E-state index contributed by atoms with van der Waals surface area (Å²) in [7, 11) is 0. The molecule has 1 aromatic rings. The van der Waals surface area contributed by atoms with Crippen molar-refractivity contribution in [2.24, 2.45) is 0 Å². The fourth-order valence-corrected chi connectivity index (χ4v) is 2.41. The molecule has 1 amide bonds. The van der Waals surface area contributed by atoms with E-state index < -0.39 is 0 Å². The monoisotopic (exact) mass is 308 g/mol. The Kier molecular flexibility index (Phi) is 6.61. The number of amides is 1.